The highest BCUT2D eigenvalue weighted by atomic mass is 32.3. The molecule has 19 heavy (non-hydrogen) atoms. The van der Waals surface area contributed by atoms with Gasteiger partial charge in [0.25, 0.3) is 0 Å². The fourth-order valence-electron chi connectivity index (χ4n) is 0.686. The van der Waals surface area contributed by atoms with E-state index in [2.05, 4.69) is 16.1 Å². The first-order valence-electron chi connectivity index (χ1n) is 4.60. The summed E-state index contributed by atoms with van der Waals surface area (Å²) in [7, 11) is -10.8. The van der Waals surface area contributed by atoms with Crippen molar-refractivity contribution in [3.8, 4) is 0 Å². The van der Waals surface area contributed by atoms with Crippen LogP contribution in [0.4, 0.5) is 13.2 Å². The molecule has 12 heteroatoms. The minimum atomic E-state index is -6.06. The van der Waals surface area contributed by atoms with Gasteiger partial charge in [-0.1, -0.05) is 6.58 Å². The number of ether oxygens (including phenoxy) is 2. The summed E-state index contributed by atoms with van der Waals surface area (Å²) >= 11 is 0. The van der Waals surface area contributed by atoms with Crippen molar-refractivity contribution in [1.82, 2.24) is 0 Å². The van der Waals surface area contributed by atoms with Crippen LogP contribution in [0, 0.1) is 0 Å². The summed E-state index contributed by atoms with van der Waals surface area (Å²) in [5, 5.41) is 0. The lowest BCUT2D eigenvalue weighted by Gasteiger charge is -2.21. The van der Waals surface area contributed by atoms with Gasteiger partial charge < -0.3 is 13.6 Å². The molecule has 0 unspecified atom stereocenters. The van der Waals surface area contributed by atoms with E-state index in [9.17, 15) is 30.0 Å². The highest BCUT2D eigenvalue weighted by Gasteiger charge is 2.40. The lowest BCUT2D eigenvalue weighted by atomic mass is 10.7. The largest absolute Gasteiger partial charge is 0.499 e. The Kier molecular flexibility index (Phi) is 6.76. The fraction of sp³-hybridized carbons (Fsp3) is 0.714. The van der Waals surface area contributed by atoms with E-state index in [1.165, 1.54) is 0 Å². The van der Waals surface area contributed by atoms with Crippen molar-refractivity contribution >= 4 is 20.0 Å². The molecule has 0 rings (SSSR count). The molecule has 0 aliphatic carbocycles. The number of rotatable bonds is 9. The Morgan fingerprint density at radius 1 is 1.11 bits per heavy atom. The van der Waals surface area contributed by atoms with Crippen LogP contribution in [0.3, 0.4) is 0 Å². The van der Waals surface area contributed by atoms with Gasteiger partial charge in [0.15, 0.2) is 10.0 Å². The third-order valence-electron chi connectivity index (χ3n) is 1.45. The van der Waals surface area contributed by atoms with Crippen LogP contribution >= 0.6 is 0 Å². The summed E-state index contributed by atoms with van der Waals surface area (Å²) in [6.45, 7) is 2.74. The molecule has 0 aromatic heterocycles. The zero-order valence-electron chi connectivity index (χ0n) is 9.46. The van der Waals surface area contributed by atoms with E-state index in [0.717, 1.165) is 6.26 Å². The van der Waals surface area contributed by atoms with Gasteiger partial charge in [-0.05, 0) is 0 Å². The fourth-order valence-corrected chi connectivity index (χ4v) is 2.85. The topological polar surface area (TPSA) is 101 Å². The van der Waals surface area contributed by atoms with Crippen molar-refractivity contribution in [2.75, 3.05) is 25.6 Å². The zero-order chi connectivity index (χ0) is 15.2. The van der Waals surface area contributed by atoms with Crippen LogP contribution in [0.2, 0.25) is 0 Å². The van der Waals surface area contributed by atoms with Gasteiger partial charge in [0.05, 0.1) is 35.3 Å². The van der Waals surface area contributed by atoms with E-state index < -0.39 is 37.9 Å². The number of sulfonamides is 2. The van der Waals surface area contributed by atoms with Crippen molar-refractivity contribution in [1.29, 1.82) is 0 Å². The number of alkyl halides is 3. The molecule has 0 fully saturated rings. The molecule has 0 spiro atoms. The smallest absolute Gasteiger partial charge is 0.480 e. The minimum absolute atomic E-state index is 0.0342. The minimum Gasteiger partial charge on any atom is -0.499 e. The molecule has 0 atom stereocenters. The molecule has 0 saturated heterocycles. The van der Waals surface area contributed by atoms with Crippen LogP contribution < -0.4 is 0 Å². The van der Waals surface area contributed by atoms with E-state index >= 15 is 0 Å². The van der Waals surface area contributed by atoms with E-state index in [0.29, 0.717) is 0 Å². The maximum atomic E-state index is 11.9. The van der Waals surface area contributed by atoms with Crippen LogP contribution in [0.15, 0.2) is 12.8 Å². The van der Waals surface area contributed by atoms with E-state index in [4.69, 9.17) is 0 Å². The van der Waals surface area contributed by atoms with Gasteiger partial charge in [-0.15, -0.1) is 0 Å². The predicted octanol–water partition coefficient (Wildman–Crippen LogP) is 0.716. The summed E-state index contributed by atoms with van der Waals surface area (Å²) in [6.07, 6.45) is 1.12. The third kappa shape index (κ3) is 7.34. The first kappa shape index (κ1) is 18.1. The van der Waals surface area contributed by atoms with Gasteiger partial charge >= 0.3 is 5.51 Å². The van der Waals surface area contributed by atoms with Crippen LogP contribution in [0.5, 0.6) is 0 Å². The SMILES string of the molecule is C=COCCOCCS(=O)(=O)[N-]S(=O)(=O)C(F)(F)F. The molecule has 7 nitrogen and oxygen atoms in total. The van der Waals surface area contributed by atoms with Gasteiger partial charge in [0.2, 0.25) is 0 Å². The van der Waals surface area contributed by atoms with Crippen LogP contribution in [-0.4, -0.2) is 47.9 Å². The van der Waals surface area contributed by atoms with Gasteiger partial charge in [-0.3, -0.25) is 0 Å². The van der Waals surface area contributed by atoms with Gasteiger partial charge in [-0.25, -0.2) is 16.8 Å². The van der Waals surface area contributed by atoms with Crippen molar-refractivity contribution in [3.05, 3.63) is 17.0 Å². The summed E-state index contributed by atoms with van der Waals surface area (Å²) in [5.41, 5.74) is -5.75. The molecule has 0 amide bonds. The standard InChI is InChI=1S/C7H11F3NO6S2/c1-2-16-3-4-17-5-6-18(12,13)11-19(14,15)7(8,9)10/h2H,1,3-6H2/q-1. The van der Waals surface area contributed by atoms with Gasteiger partial charge in [-0.2, -0.15) is 13.2 Å². The second-order valence-corrected chi connectivity index (χ2v) is 6.51. The average Bonchev–Trinajstić information content (AvgIpc) is 2.20. The molecule has 0 radical (unpaired) electrons. The van der Waals surface area contributed by atoms with Gasteiger partial charge in [0, 0.05) is 0 Å². The first-order chi connectivity index (χ1) is 8.52. The summed E-state index contributed by atoms with van der Waals surface area (Å²) in [5.74, 6) is -0.990. The van der Waals surface area contributed by atoms with Crippen molar-refractivity contribution in [2.45, 2.75) is 5.51 Å². The Morgan fingerprint density at radius 2 is 1.68 bits per heavy atom. The van der Waals surface area contributed by atoms with Gasteiger partial charge in [0.1, 0.15) is 6.61 Å². The number of halogens is 3. The van der Waals surface area contributed by atoms with Crippen molar-refractivity contribution in [2.24, 2.45) is 0 Å². The molecule has 0 saturated carbocycles. The summed E-state index contributed by atoms with van der Waals surface area (Å²) < 4.78 is 89.8. The Balaban J connectivity index is 4.25. The molecule has 0 bridgehead atoms. The number of hydrogen-bond acceptors (Lipinski definition) is 6. The first-order valence-corrected chi connectivity index (χ1v) is 7.65. The van der Waals surface area contributed by atoms with E-state index in [1.807, 2.05) is 4.13 Å². The Morgan fingerprint density at radius 3 is 2.16 bits per heavy atom. The van der Waals surface area contributed by atoms with E-state index in [1.54, 1.807) is 0 Å². The Bertz CT molecular complexity index is 483. The number of hydrogen-bond donors (Lipinski definition) is 0. The monoisotopic (exact) mass is 326 g/mol. The van der Waals surface area contributed by atoms with Crippen molar-refractivity contribution < 1.29 is 39.5 Å². The molecule has 0 aromatic carbocycles. The quantitative estimate of drug-likeness (QED) is 0.457. The molecule has 0 aliphatic rings. The molecule has 0 aromatic rings. The molecule has 114 valence electrons. The maximum Gasteiger partial charge on any atom is 0.480 e. The molecular weight excluding hydrogens is 315 g/mol. The predicted molar refractivity (Wildman–Crippen MR) is 59.1 cm³/mol. The highest BCUT2D eigenvalue weighted by Crippen LogP contribution is 2.29. The number of nitrogens with zero attached hydrogens (tertiary/aromatic N) is 1. The van der Waals surface area contributed by atoms with Crippen LogP contribution in [0.25, 0.3) is 4.13 Å². The maximum absolute atomic E-state index is 11.9. The lowest BCUT2D eigenvalue weighted by Crippen LogP contribution is -2.25. The molecule has 0 aliphatic heterocycles. The zero-order valence-corrected chi connectivity index (χ0v) is 11.1. The Labute approximate surface area is 108 Å². The normalized spacial score (nSPS) is 13.2. The average molecular weight is 326 g/mol. The summed E-state index contributed by atoms with van der Waals surface area (Å²) in [4.78, 5) is 0. The highest BCUT2D eigenvalue weighted by molar-refractivity contribution is 8.12. The van der Waals surface area contributed by atoms with Crippen LogP contribution in [-0.2, 0) is 29.5 Å². The second kappa shape index (κ2) is 7.07. The summed E-state index contributed by atoms with van der Waals surface area (Å²) in [6, 6.07) is 0. The van der Waals surface area contributed by atoms with Crippen LogP contribution in [0.1, 0.15) is 0 Å². The van der Waals surface area contributed by atoms with Crippen molar-refractivity contribution in [3.63, 3.8) is 0 Å². The lowest BCUT2D eigenvalue weighted by molar-refractivity contribution is -0.0425. The van der Waals surface area contributed by atoms with E-state index in [-0.39, 0.29) is 13.2 Å². The molecular formula is C7H11F3NO6S2-. The second-order valence-electron chi connectivity index (χ2n) is 2.93. The third-order valence-corrected chi connectivity index (χ3v) is 4.41. The molecule has 0 N–H and O–H groups in total. The molecule has 0 heterocycles. The Hall–Kier alpha value is -0.850.